The third-order valence-corrected chi connectivity index (χ3v) is 5.90. The molecule has 0 atom stereocenters. The molecule has 1 aromatic heterocycles. The molecule has 2 aromatic rings. The van der Waals surface area contributed by atoms with E-state index < -0.39 is 21.7 Å². The number of halogens is 1. The molecule has 1 N–H and O–H groups in total. The highest BCUT2D eigenvalue weighted by molar-refractivity contribution is 7.90. The van der Waals surface area contributed by atoms with E-state index in [4.69, 9.17) is 9.84 Å². The summed E-state index contributed by atoms with van der Waals surface area (Å²) in [6, 6.07) is 7.39. The van der Waals surface area contributed by atoms with Crippen LogP contribution in [0.1, 0.15) is 30.0 Å². The fraction of sp³-hybridized carbons (Fsp3) is 0.368. The maximum atomic E-state index is 13.9. The summed E-state index contributed by atoms with van der Waals surface area (Å²) in [6.45, 7) is 1.15. The molecule has 1 aromatic carbocycles. The topological polar surface area (TPSA) is 96.8 Å². The molecular weight excluding hydrogens is 387 g/mol. The molecule has 1 aliphatic heterocycles. The van der Waals surface area contributed by atoms with Gasteiger partial charge in [-0.1, -0.05) is 6.07 Å². The van der Waals surface area contributed by atoms with E-state index in [0.29, 0.717) is 18.8 Å². The summed E-state index contributed by atoms with van der Waals surface area (Å²) in [6.07, 6.45) is 3.34. The maximum absolute atomic E-state index is 13.9. The average molecular weight is 408 g/mol. The number of hydrogen-bond acceptors (Lipinski definition) is 5. The number of ether oxygens (including phenoxy) is 1. The van der Waals surface area contributed by atoms with Crippen LogP contribution >= 0.6 is 0 Å². The van der Waals surface area contributed by atoms with Crippen molar-refractivity contribution in [3.8, 4) is 5.75 Å². The Hall–Kier alpha value is -2.68. The summed E-state index contributed by atoms with van der Waals surface area (Å²) >= 11 is 0. The summed E-state index contributed by atoms with van der Waals surface area (Å²) in [5, 5.41) is 9.00. The first-order valence-corrected chi connectivity index (χ1v) is 10.7. The monoisotopic (exact) mass is 408 g/mol. The van der Waals surface area contributed by atoms with Gasteiger partial charge in [-0.15, -0.1) is 0 Å². The number of nitrogens with zero attached hydrogens (tertiary/aromatic N) is 2. The highest BCUT2D eigenvalue weighted by Gasteiger charge is 2.23. The number of amides is 1. The van der Waals surface area contributed by atoms with Crippen molar-refractivity contribution in [1.82, 2.24) is 9.88 Å². The second kappa shape index (κ2) is 8.14. The second-order valence-corrected chi connectivity index (χ2v) is 8.76. The van der Waals surface area contributed by atoms with Crippen LogP contribution in [-0.4, -0.2) is 48.8 Å². The minimum absolute atomic E-state index is 0.120. The van der Waals surface area contributed by atoms with Crippen LogP contribution in [-0.2, 0) is 16.4 Å². The molecule has 7 nitrogen and oxygen atoms in total. The van der Waals surface area contributed by atoms with Crippen molar-refractivity contribution in [2.75, 3.05) is 19.3 Å². The first-order chi connectivity index (χ1) is 13.2. The summed E-state index contributed by atoms with van der Waals surface area (Å²) in [4.78, 5) is 16.4. The van der Waals surface area contributed by atoms with E-state index >= 15 is 0 Å². The van der Waals surface area contributed by atoms with Crippen molar-refractivity contribution in [2.45, 2.75) is 30.3 Å². The Morgan fingerprint density at radius 3 is 2.54 bits per heavy atom. The summed E-state index contributed by atoms with van der Waals surface area (Å²) in [7, 11) is -3.62. The van der Waals surface area contributed by atoms with E-state index in [1.165, 1.54) is 17.0 Å². The zero-order valence-electron chi connectivity index (χ0n) is 15.3. The SMILES string of the molecule is CS(=O)(=O)c1ccc(OCc2ccc(C3CCN(C(=O)O)CC3)cn2)cc1F. The van der Waals surface area contributed by atoms with Gasteiger partial charge in [-0.2, -0.15) is 0 Å². The fourth-order valence-electron chi connectivity index (χ4n) is 3.20. The van der Waals surface area contributed by atoms with E-state index in [0.717, 1.165) is 30.7 Å². The fourth-order valence-corrected chi connectivity index (χ4v) is 3.92. The molecule has 0 radical (unpaired) electrons. The van der Waals surface area contributed by atoms with Gasteiger partial charge in [0.25, 0.3) is 0 Å². The third-order valence-electron chi connectivity index (χ3n) is 4.77. The second-order valence-electron chi connectivity index (χ2n) is 6.78. The number of likely N-dealkylation sites (tertiary alicyclic amines) is 1. The summed E-state index contributed by atoms with van der Waals surface area (Å²) < 4.78 is 42.3. The van der Waals surface area contributed by atoms with Crippen LogP contribution in [0.2, 0.25) is 0 Å². The number of hydrogen-bond donors (Lipinski definition) is 1. The van der Waals surface area contributed by atoms with Gasteiger partial charge in [-0.05, 0) is 42.5 Å². The van der Waals surface area contributed by atoms with Crippen LogP contribution in [0.4, 0.5) is 9.18 Å². The number of carboxylic acid groups (broad SMARTS) is 1. The first kappa shape index (κ1) is 20.1. The van der Waals surface area contributed by atoms with Crippen molar-refractivity contribution in [2.24, 2.45) is 0 Å². The van der Waals surface area contributed by atoms with Gasteiger partial charge in [0.05, 0.1) is 5.69 Å². The van der Waals surface area contributed by atoms with Crippen molar-refractivity contribution in [1.29, 1.82) is 0 Å². The maximum Gasteiger partial charge on any atom is 0.407 e. The number of pyridine rings is 1. The Morgan fingerprint density at radius 1 is 1.29 bits per heavy atom. The molecule has 0 spiro atoms. The van der Waals surface area contributed by atoms with Gasteiger partial charge in [0.2, 0.25) is 0 Å². The number of piperidine rings is 1. The van der Waals surface area contributed by atoms with Crippen molar-refractivity contribution in [3.63, 3.8) is 0 Å². The number of carbonyl (C=O) groups is 1. The molecule has 28 heavy (non-hydrogen) atoms. The number of benzene rings is 1. The summed E-state index contributed by atoms with van der Waals surface area (Å²) in [5.74, 6) is -0.358. The lowest BCUT2D eigenvalue weighted by molar-refractivity contribution is 0.132. The molecule has 0 saturated carbocycles. The normalized spacial score (nSPS) is 15.4. The van der Waals surface area contributed by atoms with Gasteiger partial charge in [0, 0.05) is 31.6 Å². The minimum atomic E-state index is -3.62. The Labute approximate surface area is 162 Å². The zero-order chi connectivity index (χ0) is 20.3. The third kappa shape index (κ3) is 4.78. The lowest BCUT2D eigenvalue weighted by atomic mass is 9.90. The molecule has 1 fully saturated rings. The predicted molar refractivity (Wildman–Crippen MR) is 99.7 cm³/mol. The first-order valence-electron chi connectivity index (χ1n) is 8.79. The van der Waals surface area contributed by atoms with Crippen molar-refractivity contribution >= 4 is 15.9 Å². The molecule has 3 rings (SSSR count). The Balaban J connectivity index is 1.58. The Morgan fingerprint density at radius 2 is 2.00 bits per heavy atom. The molecule has 1 amide bonds. The molecule has 1 saturated heterocycles. The van der Waals surface area contributed by atoms with Crippen molar-refractivity contribution < 1.29 is 27.4 Å². The van der Waals surface area contributed by atoms with Crippen LogP contribution in [0, 0.1) is 5.82 Å². The van der Waals surface area contributed by atoms with Gasteiger partial charge >= 0.3 is 6.09 Å². The molecule has 0 unspecified atom stereocenters. The molecule has 9 heteroatoms. The number of rotatable bonds is 5. The minimum Gasteiger partial charge on any atom is -0.487 e. The van der Waals surface area contributed by atoms with Gasteiger partial charge < -0.3 is 14.7 Å². The standard InChI is InChI=1S/C19H21FN2O5S/c1-28(25,26)18-5-4-16(10-17(18)20)27-12-15-3-2-14(11-21-15)13-6-8-22(9-7-13)19(23)24/h2-5,10-11,13H,6-9,12H2,1H3,(H,23,24). The molecule has 1 aliphatic rings. The van der Waals surface area contributed by atoms with Gasteiger partial charge in [-0.25, -0.2) is 17.6 Å². The van der Waals surface area contributed by atoms with Gasteiger partial charge in [0.1, 0.15) is 23.1 Å². The lowest BCUT2D eigenvalue weighted by Crippen LogP contribution is -2.36. The smallest absolute Gasteiger partial charge is 0.407 e. The van der Waals surface area contributed by atoms with Gasteiger partial charge in [-0.3, -0.25) is 4.98 Å². The molecule has 2 heterocycles. The van der Waals surface area contributed by atoms with E-state index in [2.05, 4.69) is 4.98 Å². The summed E-state index contributed by atoms with van der Waals surface area (Å²) in [5.41, 5.74) is 1.71. The highest BCUT2D eigenvalue weighted by atomic mass is 32.2. The van der Waals surface area contributed by atoms with E-state index in [9.17, 15) is 17.6 Å². The lowest BCUT2D eigenvalue weighted by Gasteiger charge is -2.30. The zero-order valence-corrected chi connectivity index (χ0v) is 16.2. The van der Waals surface area contributed by atoms with Crippen LogP contribution in [0.5, 0.6) is 5.75 Å². The van der Waals surface area contributed by atoms with Gasteiger partial charge in [0.15, 0.2) is 9.84 Å². The quantitative estimate of drug-likeness (QED) is 0.817. The van der Waals surface area contributed by atoms with E-state index in [1.807, 2.05) is 12.1 Å². The molecule has 0 bridgehead atoms. The van der Waals surface area contributed by atoms with Crippen LogP contribution in [0.15, 0.2) is 41.4 Å². The van der Waals surface area contributed by atoms with Crippen LogP contribution in [0.25, 0.3) is 0 Å². The number of sulfone groups is 1. The molecule has 150 valence electrons. The van der Waals surface area contributed by atoms with Crippen LogP contribution in [0.3, 0.4) is 0 Å². The van der Waals surface area contributed by atoms with Crippen molar-refractivity contribution in [3.05, 3.63) is 53.6 Å². The average Bonchev–Trinajstić information content (AvgIpc) is 2.66. The molecular formula is C19H21FN2O5S. The van der Waals surface area contributed by atoms with E-state index in [1.54, 1.807) is 6.20 Å². The largest absolute Gasteiger partial charge is 0.487 e. The molecule has 0 aliphatic carbocycles. The van der Waals surface area contributed by atoms with Crippen LogP contribution < -0.4 is 4.74 Å². The Bertz CT molecular complexity index is 955. The predicted octanol–water partition coefficient (Wildman–Crippen LogP) is 3.06. The highest BCUT2D eigenvalue weighted by Crippen LogP contribution is 2.28. The number of aromatic nitrogens is 1. The van der Waals surface area contributed by atoms with E-state index in [-0.39, 0.29) is 23.2 Å². The Kier molecular flexibility index (Phi) is 5.83.